The largest absolute Gasteiger partial charge is 0.374 e. The fraction of sp³-hybridized carbons (Fsp3) is 0.714. The minimum atomic E-state index is -1.57. The molecule has 0 unspecified atom stereocenters. The van der Waals surface area contributed by atoms with E-state index in [-0.39, 0.29) is 6.42 Å². The van der Waals surface area contributed by atoms with Gasteiger partial charge >= 0.3 is 0 Å². The van der Waals surface area contributed by atoms with Crippen LogP contribution in [-0.4, -0.2) is 37.3 Å². The van der Waals surface area contributed by atoms with E-state index < -0.39 is 25.6 Å². The van der Waals surface area contributed by atoms with Crippen molar-refractivity contribution in [1.29, 1.82) is 0 Å². The van der Waals surface area contributed by atoms with Gasteiger partial charge in [-0.05, 0) is 13.8 Å². The molecule has 4 heteroatoms. The summed E-state index contributed by atoms with van der Waals surface area (Å²) in [5.41, 5.74) is 1.84. The number of ether oxygens (including phenoxy) is 2. The quantitative estimate of drug-likeness (QED) is 0.611. The molecule has 3 nitrogen and oxygen atoms in total. The molecule has 1 aliphatic rings. The van der Waals surface area contributed by atoms with E-state index in [0.717, 1.165) is 0 Å². The molecule has 0 aromatic rings. The van der Waals surface area contributed by atoms with Gasteiger partial charge in [0, 0.05) is 0 Å². The first-order chi connectivity index (χ1) is 8.08. The normalized spacial score (nSPS) is 25.7. The molecule has 100 valence electrons. The van der Waals surface area contributed by atoms with Crippen LogP contribution < -0.4 is 0 Å². The predicted octanol–water partition coefficient (Wildman–Crippen LogP) is 1.77. The van der Waals surface area contributed by atoms with Crippen LogP contribution in [0.15, 0.2) is 0 Å². The summed E-state index contributed by atoms with van der Waals surface area (Å²) in [4.78, 5) is 0. The lowest BCUT2D eigenvalue weighted by atomic mass is 9.94. The Hall–Kier alpha value is -0.783. The SMILES string of the molecule is C#CC[C@@](O)(C#C[Si](C)(C)C)[C@H]1COC(C)(C)O1. The fourth-order valence-corrected chi connectivity index (χ4v) is 2.20. The van der Waals surface area contributed by atoms with E-state index in [1.165, 1.54) is 0 Å². The molecule has 2 atom stereocenters. The maximum Gasteiger partial charge on any atom is 0.163 e. The van der Waals surface area contributed by atoms with Gasteiger partial charge < -0.3 is 14.6 Å². The molecule has 0 amide bonds. The Bertz CT molecular complexity index is 405. The van der Waals surface area contributed by atoms with Crippen molar-refractivity contribution in [3.63, 3.8) is 0 Å². The van der Waals surface area contributed by atoms with Gasteiger partial charge in [0.2, 0.25) is 0 Å². The van der Waals surface area contributed by atoms with Crippen LogP contribution in [0.25, 0.3) is 0 Å². The van der Waals surface area contributed by atoms with Crippen molar-refractivity contribution in [2.75, 3.05) is 6.61 Å². The smallest absolute Gasteiger partial charge is 0.163 e. The average molecular weight is 266 g/mol. The van der Waals surface area contributed by atoms with Gasteiger partial charge in [0.1, 0.15) is 14.2 Å². The fourth-order valence-electron chi connectivity index (χ4n) is 1.61. The van der Waals surface area contributed by atoms with E-state index in [1.807, 2.05) is 13.8 Å². The van der Waals surface area contributed by atoms with Crippen molar-refractivity contribution in [2.24, 2.45) is 0 Å². The molecule has 1 saturated heterocycles. The molecule has 1 fully saturated rings. The Balaban J connectivity index is 2.94. The minimum absolute atomic E-state index is 0.147. The summed E-state index contributed by atoms with van der Waals surface area (Å²) in [6.45, 7) is 10.3. The van der Waals surface area contributed by atoms with Crippen LogP contribution in [0.4, 0.5) is 0 Å². The molecule has 0 aromatic carbocycles. The van der Waals surface area contributed by atoms with Gasteiger partial charge in [-0.2, -0.15) is 0 Å². The van der Waals surface area contributed by atoms with Crippen LogP contribution in [0.3, 0.4) is 0 Å². The Labute approximate surface area is 111 Å². The Morgan fingerprint density at radius 3 is 2.44 bits per heavy atom. The number of aliphatic hydroxyl groups is 1. The zero-order chi connectivity index (χ0) is 14.0. The molecule has 0 aromatic heterocycles. The molecule has 1 N–H and O–H groups in total. The third kappa shape index (κ3) is 4.15. The Morgan fingerprint density at radius 1 is 1.44 bits per heavy atom. The zero-order valence-electron chi connectivity index (χ0n) is 11.8. The highest BCUT2D eigenvalue weighted by Crippen LogP contribution is 2.30. The van der Waals surface area contributed by atoms with Crippen LogP contribution in [0.2, 0.25) is 19.6 Å². The van der Waals surface area contributed by atoms with Crippen molar-refractivity contribution >= 4 is 8.07 Å². The highest BCUT2D eigenvalue weighted by Gasteiger charge is 2.45. The van der Waals surface area contributed by atoms with Gasteiger partial charge in [-0.15, -0.1) is 17.9 Å². The standard InChI is InChI=1S/C14H22O3Si/c1-7-8-14(15,9-10-18(4,5)6)12-11-16-13(2,3)17-12/h1,12,15H,8,11H2,2-6H3/t12-,14-/m1/s1. The van der Waals surface area contributed by atoms with E-state index >= 15 is 0 Å². The maximum atomic E-state index is 10.6. The first-order valence-electron chi connectivity index (χ1n) is 6.10. The van der Waals surface area contributed by atoms with Crippen molar-refractivity contribution in [3.05, 3.63) is 0 Å². The number of terminal acetylenes is 1. The summed E-state index contributed by atoms with van der Waals surface area (Å²) in [6.07, 6.45) is 4.98. The van der Waals surface area contributed by atoms with Crippen LogP contribution in [0.1, 0.15) is 20.3 Å². The molecule has 1 aliphatic heterocycles. The van der Waals surface area contributed by atoms with E-state index in [1.54, 1.807) is 0 Å². The molecule has 1 rings (SSSR count). The first-order valence-corrected chi connectivity index (χ1v) is 9.60. The molecule has 0 aliphatic carbocycles. The Morgan fingerprint density at radius 2 is 2.06 bits per heavy atom. The highest BCUT2D eigenvalue weighted by molar-refractivity contribution is 6.83. The third-order valence-corrected chi connectivity index (χ3v) is 3.44. The molecule has 0 bridgehead atoms. The van der Waals surface area contributed by atoms with Crippen LogP contribution in [-0.2, 0) is 9.47 Å². The molecular weight excluding hydrogens is 244 g/mol. The van der Waals surface area contributed by atoms with E-state index in [4.69, 9.17) is 15.9 Å². The molecule has 0 saturated carbocycles. The molecule has 1 heterocycles. The summed E-state index contributed by atoms with van der Waals surface area (Å²) in [7, 11) is -1.57. The average Bonchev–Trinajstić information content (AvgIpc) is 2.56. The van der Waals surface area contributed by atoms with Crippen LogP contribution in [0, 0.1) is 23.8 Å². The van der Waals surface area contributed by atoms with Crippen LogP contribution in [0.5, 0.6) is 0 Å². The lowest BCUT2D eigenvalue weighted by Gasteiger charge is -2.27. The second kappa shape index (κ2) is 5.07. The second-order valence-electron chi connectivity index (χ2n) is 6.12. The minimum Gasteiger partial charge on any atom is -0.374 e. The van der Waals surface area contributed by atoms with Gasteiger partial charge in [-0.1, -0.05) is 25.6 Å². The summed E-state index contributed by atoms with van der Waals surface area (Å²) < 4.78 is 11.1. The van der Waals surface area contributed by atoms with E-state index in [2.05, 4.69) is 37.0 Å². The van der Waals surface area contributed by atoms with Crippen LogP contribution >= 0.6 is 0 Å². The maximum absolute atomic E-state index is 10.6. The summed E-state index contributed by atoms with van der Waals surface area (Å²) >= 11 is 0. The van der Waals surface area contributed by atoms with Crippen molar-refractivity contribution in [1.82, 2.24) is 0 Å². The molecule has 18 heavy (non-hydrogen) atoms. The first kappa shape index (κ1) is 15.3. The number of hydrogen-bond acceptors (Lipinski definition) is 3. The molecule has 0 spiro atoms. The molecule has 0 radical (unpaired) electrons. The van der Waals surface area contributed by atoms with Gasteiger partial charge in [0.05, 0.1) is 13.0 Å². The van der Waals surface area contributed by atoms with Gasteiger partial charge in [0.15, 0.2) is 11.4 Å². The summed E-state index contributed by atoms with van der Waals surface area (Å²) in [6, 6.07) is 0. The highest BCUT2D eigenvalue weighted by atomic mass is 28.3. The van der Waals surface area contributed by atoms with Crippen molar-refractivity contribution in [2.45, 2.75) is 57.4 Å². The molecular formula is C14H22O3Si. The third-order valence-electron chi connectivity index (χ3n) is 2.57. The predicted molar refractivity (Wildman–Crippen MR) is 74.4 cm³/mol. The topological polar surface area (TPSA) is 38.7 Å². The van der Waals surface area contributed by atoms with E-state index in [0.29, 0.717) is 6.61 Å². The zero-order valence-corrected chi connectivity index (χ0v) is 12.8. The Kier molecular flexibility index (Phi) is 4.30. The summed E-state index contributed by atoms with van der Waals surface area (Å²) in [5.74, 6) is 4.73. The van der Waals surface area contributed by atoms with Crippen molar-refractivity contribution in [3.8, 4) is 23.8 Å². The number of rotatable bonds is 2. The van der Waals surface area contributed by atoms with Crippen molar-refractivity contribution < 1.29 is 14.6 Å². The lowest BCUT2D eigenvalue weighted by molar-refractivity contribution is -0.159. The van der Waals surface area contributed by atoms with Gasteiger partial charge in [0.25, 0.3) is 0 Å². The monoisotopic (exact) mass is 266 g/mol. The summed E-state index contributed by atoms with van der Waals surface area (Å²) in [5, 5.41) is 10.6. The number of hydrogen-bond donors (Lipinski definition) is 1. The van der Waals surface area contributed by atoms with Gasteiger partial charge in [-0.3, -0.25) is 0 Å². The van der Waals surface area contributed by atoms with E-state index in [9.17, 15) is 5.11 Å². The van der Waals surface area contributed by atoms with Gasteiger partial charge in [-0.25, -0.2) is 0 Å². The lowest BCUT2D eigenvalue weighted by Crippen LogP contribution is -2.43. The second-order valence-corrected chi connectivity index (χ2v) is 10.9.